The maximum atomic E-state index is 5.11. The van der Waals surface area contributed by atoms with Crippen molar-refractivity contribution in [1.82, 2.24) is 10.2 Å². The van der Waals surface area contributed by atoms with E-state index in [2.05, 4.69) is 10.2 Å². The Balaban J connectivity index is 2.10. The first-order valence-corrected chi connectivity index (χ1v) is 4.04. The summed E-state index contributed by atoms with van der Waals surface area (Å²) in [6.07, 6.45) is 1.34. The first kappa shape index (κ1) is 5.13. The highest BCUT2D eigenvalue weighted by Gasteiger charge is 2.45. The number of hydrogen-bond acceptors (Lipinski definition) is 1. The van der Waals surface area contributed by atoms with Gasteiger partial charge in [0, 0.05) is 18.2 Å². The van der Waals surface area contributed by atoms with E-state index >= 15 is 0 Å². The average molecular weight is 152 g/mol. The van der Waals surface area contributed by atoms with Crippen molar-refractivity contribution in [3.8, 4) is 0 Å². The van der Waals surface area contributed by atoms with Crippen LogP contribution in [0.5, 0.6) is 0 Å². The van der Waals surface area contributed by atoms with Crippen molar-refractivity contribution in [2.45, 2.75) is 6.42 Å². The molecule has 0 spiro atoms. The molecule has 3 rings (SSSR count). The molecule has 2 nitrogen and oxygen atoms in total. The third kappa shape index (κ3) is 0.440. The summed E-state index contributed by atoms with van der Waals surface area (Å²) in [7, 11) is 0. The highest BCUT2D eigenvalue weighted by Crippen LogP contribution is 2.48. The fourth-order valence-corrected chi connectivity index (χ4v) is 2.16. The van der Waals surface area contributed by atoms with Crippen LogP contribution in [-0.4, -0.2) is 23.1 Å². The van der Waals surface area contributed by atoms with Crippen LogP contribution in [0, 0.1) is 5.92 Å². The molecule has 2 heterocycles. The summed E-state index contributed by atoms with van der Waals surface area (Å²) in [5.41, 5.74) is 3.14. The second-order valence-electron chi connectivity index (χ2n) is 3.14. The van der Waals surface area contributed by atoms with Gasteiger partial charge in [-0.05, 0) is 24.2 Å². The first-order valence-electron chi connectivity index (χ1n) is 3.63. The summed E-state index contributed by atoms with van der Waals surface area (Å²) < 4.78 is 0. The van der Waals surface area contributed by atoms with Gasteiger partial charge in [-0.15, -0.1) is 0 Å². The van der Waals surface area contributed by atoms with Crippen LogP contribution >= 0.6 is 12.2 Å². The Kier molecular flexibility index (Phi) is 0.703. The SMILES string of the molecule is S=C1NCC2=C3CC3CN12. The fraction of sp³-hybridized carbons (Fsp3) is 0.571. The number of hydrogen-bond donors (Lipinski definition) is 1. The number of rotatable bonds is 0. The zero-order valence-electron chi connectivity index (χ0n) is 5.55. The Hall–Kier alpha value is -0.570. The average Bonchev–Trinajstić information content (AvgIpc) is 2.46. The molecule has 1 N–H and O–H groups in total. The molecule has 0 amide bonds. The molecule has 3 aliphatic rings. The highest BCUT2D eigenvalue weighted by molar-refractivity contribution is 7.80. The molecule has 1 saturated carbocycles. The van der Waals surface area contributed by atoms with Gasteiger partial charge in [0.15, 0.2) is 5.11 Å². The van der Waals surface area contributed by atoms with Gasteiger partial charge >= 0.3 is 0 Å². The minimum atomic E-state index is 0.884. The summed E-state index contributed by atoms with van der Waals surface area (Å²) in [4.78, 5) is 2.25. The van der Waals surface area contributed by atoms with Crippen LogP contribution in [0.25, 0.3) is 0 Å². The Bertz CT molecular complexity index is 256. The minimum absolute atomic E-state index is 0.884. The third-order valence-corrected chi connectivity index (χ3v) is 2.92. The lowest BCUT2D eigenvalue weighted by Crippen LogP contribution is -2.27. The lowest BCUT2D eigenvalue weighted by molar-refractivity contribution is 0.541. The van der Waals surface area contributed by atoms with Crippen LogP contribution in [0.3, 0.4) is 0 Å². The largest absolute Gasteiger partial charge is 0.357 e. The van der Waals surface area contributed by atoms with E-state index < -0.39 is 0 Å². The summed E-state index contributed by atoms with van der Waals surface area (Å²) in [5, 5.41) is 4.12. The minimum Gasteiger partial charge on any atom is -0.357 e. The smallest absolute Gasteiger partial charge is 0.173 e. The molecule has 0 radical (unpaired) electrons. The second-order valence-corrected chi connectivity index (χ2v) is 3.53. The Morgan fingerprint density at radius 3 is 3.30 bits per heavy atom. The third-order valence-electron chi connectivity index (χ3n) is 2.55. The van der Waals surface area contributed by atoms with Crippen molar-refractivity contribution < 1.29 is 0 Å². The molecule has 1 unspecified atom stereocenters. The molecule has 0 bridgehead atoms. The molecule has 10 heavy (non-hydrogen) atoms. The van der Waals surface area contributed by atoms with E-state index in [-0.39, 0.29) is 0 Å². The van der Waals surface area contributed by atoms with E-state index in [0.717, 1.165) is 24.1 Å². The van der Waals surface area contributed by atoms with Crippen LogP contribution in [0.1, 0.15) is 6.42 Å². The molecule has 2 aliphatic heterocycles. The fourth-order valence-electron chi connectivity index (χ4n) is 1.91. The van der Waals surface area contributed by atoms with E-state index in [1.807, 2.05) is 0 Å². The predicted octanol–water partition coefficient (Wildman–Crippen LogP) is 0.464. The van der Waals surface area contributed by atoms with Gasteiger partial charge in [-0.1, -0.05) is 0 Å². The summed E-state index contributed by atoms with van der Waals surface area (Å²) in [6.45, 7) is 2.15. The molecule has 1 atom stereocenters. The van der Waals surface area contributed by atoms with Crippen molar-refractivity contribution in [2.24, 2.45) is 5.92 Å². The lowest BCUT2D eigenvalue weighted by atomic mass is 10.4. The molecule has 0 aromatic heterocycles. The second kappa shape index (κ2) is 1.37. The predicted molar refractivity (Wildman–Crippen MR) is 42.4 cm³/mol. The highest BCUT2D eigenvalue weighted by atomic mass is 32.1. The molecular formula is C7H8N2S. The summed E-state index contributed by atoms with van der Waals surface area (Å²) in [6, 6.07) is 0. The molecule has 52 valence electrons. The van der Waals surface area contributed by atoms with Crippen LogP contribution in [0.4, 0.5) is 0 Å². The molecule has 1 saturated heterocycles. The normalized spacial score (nSPS) is 34.2. The van der Waals surface area contributed by atoms with Gasteiger partial charge < -0.3 is 10.2 Å². The van der Waals surface area contributed by atoms with Gasteiger partial charge in [-0.3, -0.25) is 0 Å². The van der Waals surface area contributed by atoms with E-state index in [0.29, 0.717) is 0 Å². The summed E-state index contributed by atoms with van der Waals surface area (Å²) >= 11 is 5.11. The van der Waals surface area contributed by atoms with Crippen molar-refractivity contribution in [2.75, 3.05) is 13.1 Å². The van der Waals surface area contributed by atoms with Gasteiger partial charge in [-0.25, -0.2) is 0 Å². The molecule has 0 aromatic carbocycles. The first-order chi connectivity index (χ1) is 4.86. The number of nitrogens with one attached hydrogen (secondary N) is 1. The maximum Gasteiger partial charge on any atom is 0.173 e. The van der Waals surface area contributed by atoms with Crippen LogP contribution in [-0.2, 0) is 0 Å². The van der Waals surface area contributed by atoms with Crippen molar-refractivity contribution >= 4 is 17.3 Å². The van der Waals surface area contributed by atoms with E-state index in [1.54, 1.807) is 5.57 Å². The van der Waals surface area contributed by atoms with Gasteiger partial charge in [0.25, 0.3) is 0 Å². The zero-order valence-corrected chi connectivity index (χ0v) is 6.37. The number of nitrogens with zero attached hydrogens (tertiary/aromatic N) is 1. The van der Waals surface area contributed by atoms with E-state index in [1.165, 1.54) is 12.1 Å². The molecular weight excluding hydrogens is 144 g/mol. The maximum absolute atomic E-state index is 5.11. The van der Waals surface area contributed by atoms with Gasteiger partial charge in [0.1, 0.15) is 0 Å². The molecule has 2 fully saturated rings. The molecule has 0 aromatic rings. The Labute approximate surface area is 64.9 Å². The number of fused-ring (bicyclic) bond motifs is 2. The van der Waals surface area contributed by atoms with Crippen molar-refractivity contribution in [1.29, 1.82) is 0 Å². The van der Waals surface area contributed by atoms with Gasteiger partial charge in [0.05, 0.1) is 6.54 Å². The van der Waals surface area contributed by atoms with Crippen LogP contribution < -0.4 is 5.32 Å². The van der Waals surface area contributed by atoms with Crippen molar-refractivity contribution in [3.63, 3.8) is 0 Å². The quantitative estimate of drug-likeness (QED) is 0.508. The van der Waals surface area contributed by atoms with Gasteiger partial charge in [0.2, 0.25) is 0 Å². The zero-order chi connectivity index (χ0) is 6.72. The van der Waals surface area contributed by atoms with Gasteiger partial charge in [-0.2, -0.15) is 0 Å². The van der Waals surface area contributed by atoms with E-state index in [9.17, 15) is 0 Å². The van der Waals surface area contributed by atoms with Crippen LogP contribution in [0.2, 0.25) is 0 Å². The van der Waals surface area contributed by atoms with Crippen LogP contribution in [0.15, 0.2) is 11.3 Å². The topological polar surface area (TPSA) is 15.3 Å². The number of thiocarbonyl (C=S) groups is 1. The molecule has 3 heteroatoms. The lowest BCUT2D eigenvalue weighted by Gasteiger charge is -2.12. The summed E-state index contributed by atoms with van der Waals surface area (Å²) in [5.74, 6) is 0.884. The Morgan fingerprint density at radius 1 is 1.60 bits per heavy atom. The Morgan fingerprint density at radius 2 is 2.50 bits per heavy atom. The molecule has 1 aliphatic carbocycles. The monoisotopic (exact) mass is 152 g/mol. The van der Waals surface area contributed by atoms with E-state index in [4.69, 9.17) is 12.2 Å². The van der Waals surface area contributed by atoms with Crippen molar-refractivity contribution in [3.05, 3.63) is 11.3 Å². The standard InChI is InChI=1S/C7H8N2S/c10-7-8-2-6-5-1-4(5)3-9(6)7/h4H,1-3H2,(H,8,10).